The fourth-order valence-electron chi connectivity index (χ4n) is 4.37. The molecule has 7 heteroatoms. The van der Waals surface area contributed by atoms with Gasteiger partial charge < -0.3 is 14.8 Å². The summed E-state index contributed by atoms with van der Waals surface area (Å²) in [6.07, 6.45) is 1.64. The second-order valence-electron chi connectivity index (χ2n) is 7.90. The Bertz CT molecular complexity index is 1440. The van der Waals surface area contributed by atoms with Crippen LogP contribution in [-0.4, -0.2) is 28.4 Å². The van der Waals surface area contributed by atoms with Gasteiger partial charge in [0, 0.05) is 33.4 Å². The number of carbonyl (C=O) groups is 2. The summed E-state index contributed by atoms with van der Waals surface area (Å²) in [6.45, 7) is 2.35. The van der Waals surface area contributed by atoms with Crippen molar-refractivity contribution < 1.29 is 19.4 Å². The molecule has 0 aliphatic carbocycles. The maximum Gasteiger partial charge on any atom is 0.300 e. The number of hydrogen-bond acceptors (Lipinski definition) is 4. The summed E-state index contributed by atoms with van der Waals surface area (Å²) < 4.78 is 5.65. The van der Waals surface area contributed by atoms with Crippen LogP contribution in [0.15, 0.2) is 84.6 Å². The Kier molecular flexibility index (Phi) is 5.59. The van der Waals surface area contributed by atoms with Gasteiger partial charge >= 0.3 is 0 Å². The van der Waals surface area contributed by atoms with Crippen molar-refractivity contribution in [3.63, 3.8) is 0 Å². The van der Waals surface area contributed by atoms with Crippen molar-refractivity contribution in [3.05, 3.63) is 101 Å². The van der Waals surface area contributed by atoms with Gasteiger partial charge in [-0.2, -0.15) is 0 Å². The Hall–Kier alpha value is -4.03. The SMILES string of the molecule is CCOc1cccc(C2/C(=C(/O)c3c[nH]c4ccccc34)C(=O)C(=O)N2c2ccc(Cl)cc2)c1. The number of fused-ring (bicyclic) bond motifs is 1. The van der Waals surface area contributed by atoms with Crippen molar-refractivity contribution in [1.29, 1.82) is 0 Å². The number of aliphatic hydroxyl groups excluding tert-OH is 1. The lowest BCUT2D eigenvalue weighted by molar-refractivity contribution is -0.132. The molecule has 1 aromatic heterocycles. The average molecular weight is 473 g/mol. The molecule has 4 aromatic rings. The van der Waals surface area contributed by atoms with Crippen LogP contribution < -0.4 is 9.64 Å². The van der Waals surface area contributed by atoms with E-state index in [1.54, 1.807) is 48.7 Å². The fraction of sp³-hybridized carbons (Fsp3) is 0.111. The number of ether oxygens (including phenoxy) is 1. The van der Waals surface area contributed by atoms with Crippen LogP contribution in [0.1, 0.15) is 24.1 Å². The Morgan fingerprint density at radius 1 is 1.06 bits per heavy atom. The number of ketones is 1. The normalized spacial score (nSPS) is 17.5. The molecule has 0 spiro atoms. The maximum absolute atomic E-state index is 13.3. The molecular weight excluding hydrogens is 452 g/mol. The Labute approximate surface area is 201 Å². The molecule has 1 atom stereocenters. The molecular formula is C27H21ClN2O4. The Morgan fingerprint density at radius 2 is 1.82 bits per heavy atom. The van der Waals surface area contributed by atoms with Gasteiger partial charge in [0.05, 0.1) is 18.2 Å². The Balaban J connectivity index is 1.74. The van der Waals surface area contributed by atoms with Gasteiger partial charge in [-0.25, -0.2) is 0 Å². The fourth-order valence-corrected chi connectivity index (χ4v) is 4.50. The lowest BCUT2D eigenvalue weighted by Crippen LogP contribution is -2.29. The number of para-hydroxylation sites is 1. The van der Waals surface area contributed by atoms with E-state index in [-0.39, 0.29) is 11.3 Å². The van der Waals surface area contributed by atoms with Gasteiger partial charge in [-0.15, -0.1) is 0 Å². The largest absolute Gasteiger partial charge is 0.507 e. The van der Waals surface area contributed by atoms with Crippen molar-refractivity contribution in [1.82, 2.24) is 4.98 Å². The van der Waals surface area contributed by atoms with Gasteiger partial charge in [0.2, 0.25) is 0 Å². The van der Waals surface area contributed by atoms with E-state index in [0.29, 0.717) is 34.2 Å². The van der Waals surface area contributed by atoms with Crippen LogP contribution in [0.25, 0.3) is 16.7 Å². The van der Waals surface area contributed by atoms with Gasteiger partial charge in [0.1, 0.15) is 11.5 Å². The first-order valence-corrected chi connectivity index (χ1v) is 11.2. The zero-order valence-electron chi connectivity index (χ0n) is 18.3. The van der Waals surface area contributed by atoms with Crippen LogP contribution in [0.2, 0.25) is 5.02 Å². The third-order valence-electron chi connectivity index (χ3n) is 5.88. The summed E-state index contributed by atoms with van der Waals surface area (Å²) in [5.41, 5.74) is 2.41. The molecule has 170 valence electrons. The first-order chi connectivity index (χ1) is 16.5. The number of hydrogen-bond donors (Lipinski definition) is 2. The standard InChI is InChI=1S/C27H21ClN2O4/c1-2-34-19-7-5-6-16(14-19)24-23(25(31)21-15-29-22-9-4-3-8-20(21)22)26(32)27(33)30(24)18-12-10-17(28)11-13-18/h3-15,24,29,31H,2H2,1H3/b25-23-. The average Bonchev–Trinajstić information content (AvgIpc) is 3.39. The first-order valence-electron chi connectivity index (χ1n) is 10.9. The molecule has 1 aliphatic rings. The second-order valence-corrected chi connectivity index (χ2v) is 8.34. The molecule has 2 N–H and O–H groups in total. The van der Waals surface area contributed by atoms with Crippen LogP contribution in [-0.2, 0) is 9.59 Å². The van der Waals surface area contributed by atoms with Crippen LogP contribution in [0.4, 0.5) is 5.69 Å². The lowest BCUT2D eigenvalue weighted by atomic mass is 9.95. The number of aromatic nitrogens is 1. The Morgan fingerprint density at radius 3 is 2.59 bits per heavy atom. The van der Waals surface area contributed by atoms with Crippen LogP contribution in [0.5, 0.6) is 5.75 Å². The number of aliphatic hydroxyl groups is 1. The van der Waals surface area contributed by atoms with E-state index in [1.165, 1.54) is 4.90 Å². The number of H-pyrrole nitrogens is 1. The number of amides is 1. The predicted octanol–water partition coefficient (Wildman–Crippen LogP) is 5.85. The zero-order valence-corrected chi connectivity index (χ0v) is 19.0. The summed E-state index contributed by atoms with van der Waals surface area (Å²) in [4.78, 5) is 31.1. The summed E-state index contributed by atoms with van der Waals surface area (Å²) in [6, 6.07) is 20.5. The predicted molar refractivity (Wildman–Crippen MR) is 132 cm³/mol. The number of Topliss-reactive ketones (excluding diaryl/α,β-unsaturated/α-hetero) is 1. The minimum absolute atomic E-state index is 0.0124. The number of carbonyl (C=O) groups excluding carboxylic acids is 2. The van der Waals surface area contributed by atoms with Gasteiger partial charge in [-0.3, -0.25) is 14.5 Å². The summed E-state index contributed by atoms with van der Waals surface area (Å²) in [5, 5.41) is 12.7. The minimum Gasteiger partial charge on any atom is -0.507 e. The van der Waals surface area contributed by atoms with E-state index in [4.69, 9.17) is 16.3 Å². The molecule has 5 rings (SSSR count). The quantitative estimate of drug-likeness (QED) is 0.217. The third kappa shape index (κ3) is 3.62. The molecule has 1 aliphatic heterocycles. The summed E-state index contributed by atoms with van der Waals surface area (Å²) in [7, 11) is 0. The van der Waals surface area contributed by atoms with E-state index in [2.05, 4.69) is 4.98 Å². The molecule has 34 heavy (non-hydrogen) atoms. The van der Waals surface area contributed by atoms with E-state index in [1.807, 2.05) is 37.3 Å². The maximum atomic E-state index is 13.3. The lowest BCUT2D eigenvalue weighted by Gasteiger charge is -2.25. The van der Waals surface area contributed by atoms with E-state index < -0.39 is 17.7 Å². The highest BCUT2D eigenvalue weighted by atomic mass is 35.5. The van der Waals surface area contributed by atoms with E-state index >= 15 is 0 Å². The van der Waals surface area contributed by atoms with Crippen molar-refractivity contribution in [2.75, 3.05) is 11.5 Å². The molecule has 0 saturated carbocycles. The molecule has 1 saturated heterocycles. The highest BCUT2D eigenvalue weighted by Crippen LogP contribution is 2.43. The van der Waals surface area contributed by atoms with Gasteiger partial charge in [-0.05, 0) is 55.0 Å². The highest BCUT2D eigenvalue weighted by molar-refractivity contribution is 6.52. The number of benzene rings is 3. The molecule has 1 fully saturated rings. The van der Waals surface area contributed by atoms with Gasteiger partial charge in [0.25, 0.3) is 11.7 Å². The van der Waals surface area contributed by atoms with Gasteiger partial charge in [0.15, 0.2) is 0 Å². The topological polar surface area (TPSA) is 82.6 Å². The molecule has 1 unspecified atom stereocenters. The monoisotopic (exact) mass is 472 g/mol. The number of anilines is 1. The van der Waals surface area contributed by atoms with Crippen LogP contribution in [0, 0.1) is 0 Å². The van der Waals surface area contributed by atoms with Crippen molar-refractivity contribution in [2.24, 2.45) is 0 Å². The number of nitrogens with one attached hydrogen (secondary N) is 1. The number of halogens is 1. The molecule has 0 bridgehead atoms. The first kappa shape index (κ1) is 21.8. The zero-order chi connectivity index (χ0) is 23.8. The summed E-state index contributed by atoms with van der Waals surface area (Å²) >= 11 is 6.05. The van der Waals surface area contributed by atoms with Gasteiger partial charge in [-0.1, -0.05) is 41.9 Å². The second kappa shape index (κ2) is 8.72. The highest BCUT2D eigenvalue weighted by Gasteiger charge is 2.47. The minimum atomic E-state index is -0.852. The molecule has 0 radical (unpaired) electrons. The molecule has 1 amide bonds. The van der Waals surface area contributed by atoms with Crippen LogP contribution in [0.3, 0.4) is 0 Å². The number of aromatic amines is 1. The van der Waals surface area contributed by atoms with Crippen LogP contribution >= 0.6 is 11.6 Å². The molecule has 6 nitrogen and oxygen atoms in total. The number of rotatable bonds is 5. The van der Waals surface area contributed by atoms with E-state index in [0.717, 1.165) is 10.9 Å². The number of nitrogens with zero attached hydrogens (tertiary/aromatic N) is 1. The molecule has 2 heterocycles. The van der Waals surface area contributed by atoms with Crippen molar-refractivity contribution in [3.8, 4) is 5.75 Å². The smallest absolute Gasteiger partial charge is 0.300 e. The van der Waals surface area contributed by atoms with E-state index in [9.17, 15) is 14.7 Å². The van der Waals surface area contributed by atoms with Crippen molar-refractivity contribution >= 4 is 45.6 Å². The summed E-state index contributed by atoms with van der Waals surface area (Å²) in [5.74, 6) is -1.12. The molecule has 3 aromatic carbocycles. The third-order valence-corrected chi connectivity index (χ3v) is 6.13. The van der Waals surface area contributed by atoms with Crippen molar-refractivity contribution in [2.45, 2.75) is 13.0 Å².